The Morgan fingerprint density at radius 3 is 2.13 bits per heavy atom. The number of rotatable bonds is 3. The van der Waals surface area contributed by atoms with E-state index >= 15 is 0 Å². The molecule has 0 bridgehead atoms. The molecule has 6 nitrogen and oxygen atoms in total. The van der Waals surface area contributed by atoms with Gasteiger partial charge in [0.1, 0.15) is 6.29 Å². The van der Waals surface area contributed by atoms with E-state index in [1.54, 1.807) is 24.3 Å². The summed E-state index contributed by atoms with van der Waals surface area (Å²) in [5.74, 6) is 0.0170. The molecule has 0 saturated heterocycles. The molecule has 6 heteroatoms. The molecule has 0 unspecified atom stereocenters. The molecule has 0 atom stereocenters. The monoisotopic (exact) mass is 205 g/mol. The van der Waals surface area contributed by atoms with E-state index in [-0.39, 0.29) is 11.8 Å². The van der Waals surface area contributed by atoms with Crippen LogP contribution in [0.5, 0.6) is 0 Å². The zero-order valence-corrected chi connectivity index (χ0v) is 7.92. The molecule has 1 aromatic carbocycles. The van der Waals surface area contributed by atoms with Crippen LogP contribution in [0, 0.1) is 0 Å². The fourth-order valence-electron chi connectivity index (χ4n) is 0.902. The lowest BCUT2D eigenvalue weighted by atomic mass is 10.1. The minimum Gasteiger partial charge on any atom is -0.382 e. The number of hydrogen-bond donors (Lipinski definition) is 3. The van der Waals surface area contributed by atoms with Crippen molar-refractivity contribution in [2.75, 3.05) is 0 Å². The molecule has 78 valence electrons. The zero-order chi connectivity index (χ0) is 11.3. The van der Waals surface area contributed by atoms with E-state index in [1.807, 2.05) is 0 Å². The molecule has 6 N–H and O–H groups in total. The number of nitrogens with two attached hydrogens (primary N) is 3. The Morgan fingerprint density at radius 1 is 1.07 bits per heavy atom. The van der Waals surface area contributed by atoms with Crippen LogP contribution < -0.4 is 17.2 Å². The predicted octanol–water partition coefficient (Wildman–Crippen LogP) is -0.607. The molecule has 1 rings (SSSR count). The number of carbonyl (C=O) groups excluding carboxylic acids is 1. The van der Waals surface area contributed by atoms with E-state index in [0.29, 0.717) is 11.1 Å². The van der Waals surface area contributed by atoms with Crippen LogP contribution in [0.25, 0.3) is 0 Å². The van der Waals surface area contributed by atoms with Gasteiger partial charge in [0.15, 0.2) is 5.84 Å². The zero-order valence-electron chi connectivity index (χ0n) is 7.92. The number of carbonyl (C=O) groups is 1. The van der Waals surface area contributed by atoms with Gasteiger partial charge in [-0.05, 0) is 0 Å². The van der Waals surface area contributed by atoms with Crippen molar-refractivity contribution in [3.05, 3.63) is 35.4 Å². The van der Waals surface area contributed by atoms with Gasteiger partial charge in [-0.15, -0.1) is 10.2 Å². The Kier molecular flexibility index (Phi) is 3.39. The number of hydrogen-bond acceptors (Lipinski definition) is 3. The summed E-state index contributed by atoms with van der Waals surface area (Å²) in [6.07, 6.45) is 0.743. The second-order valence-corrected chi connectivity index (χ2v) is 2.75. The molecule has 0 radical (unpaired) electrons. The number of benzene rings is 1. The molecule has 0 saturated carbocycles. The third-order valence-corrected chi connectivity index (χ3v) is 1.62. The maximum absolute atomic E-state index is 10.4. The second-order valence-electron chi connectivity index (χ2n) is 2.75. The molecule has 0 aliphatic carbocycles. The minimum absolute atomic E-state index is 0.164. The molecule has 0 aliphatic rings. The van der Waals surface area contributed by atoms with Crippen LogP contribution in [0.2, 0.25) is 0 Å². The molecule has 0 heterocycles. The molecule has 1 aromatic rings. The molecule has 0 aromatic heterocycles. The fourth-order valence-corrected chi connectivity index (χ4v) is 0.902. The van der Waals surface area contributed by atoms with Gasteiger partial charge in [0.25, 0.3) is 0 Å². The summed E-state index contributed by atoms with van der Waals surface area (Å²) in [7, 11) is 0. The normalized spacial score (nSPS) is 10.8. The summed E-state index contributed by atoms with van der Waals surface area (Å²) in [5.41, 5.74) is 17.0. The number of guanidine groups is 1. The summed E-state index contributed by atoms with van der Waals surface area (Å²) in [6.45, 7) is 0. The molecule has 0 spiro atoms. The van der Waals surface area contributed by atoms with E-state index in [4.69, 9.17) is 17.2 Å². The van der Waals surface area contributed by atoms with Gasteiger partial charge in [0, 0.05) is 11.1 Å². The quantitative estimate of drug-likeness (QED) is 0.264. The van der Waals surface area contributed by atoms with Gasteiger partial charge in [0.05, 0.1) is 0 Å². The first kappa shape index (κ1) is 10.7. The van der Waals surface area contributed by atoms with E-state index < -0.39 is 0 Å². The lowest BCUT2D eigenvalue weighted by Gasteiger charge is -1.98. The molecule has 0 aliphatic heterocycles. The largest absolute Gasteiger partial charge is 0.382 e. The SMILES string of the molecule is NC(N)=NN=C(N)c1ccc(C=O)cc1. The molecule has 15 heavy (non-hydrogen) atoms. The highest BCUT2D eigenvalue weighted by atomic mass is 16.1. The Hall–Kier alpha value is -2.37. The highest BCUT2D eigenvalue weighted by molar-refractivity contribution is 5.98. The van der Waals surface area contributed by atoms with Crippen molar-refractivity contribution in [1.29, 1.82) is 0 Å². The molecule has 0 fully saturated rings. The predicted molar refractivity (Wildman–Crippen MR) is 58.4 cm³/mol. The van der Waals surface area contributed by atoms with Crippen molar-refractivity contribution in [2.24, 2.45) is 27.4 Å². The third-order valence-electron chi connectivity index (χ3n) is 1.62. The lowest BCUT2D eigenvalue weighted by Crippen LogP contribution is -2.22. The topological polar surface area (TPSA) is 120 Å². The van der Waals surface area contributed by atoms with Crippen LogP contribution in [0.15, 0.2) is 34.5 Å². The van der Waals surface area contributed by atoms with Crippen LogP contribution >= 0.6 is 0 Å². The Balaban J connectivity index is 2.91. The summed E-state index contributed by atoms with van der Waals surface area (Å²) in [4.78, 5) is 10.4. The molecular weight excluding hydrogens is 194 g/mol. The molecular formula is C9H11N5O. The minimum atomic E-state index is -0.164. The van der Waals surface area contributed by atoms with E-state index in [1.165, 1.54) is 0 Å². The average molecular weight is 205 g/mol. The summed E-state index contributed by atoms with van der Waals surface area (Å²) in [6, 6.07) is 6.57. The van der Waals surface area contributed by atoms with Gasteiger partial charge >= 0.3 is 0 Å². The fraction of sp³-hybridized carbons (Fsp3) is 0. The van der Waals surface area contributed by atoms with Crippen molar-refractivity contribution < 1.29 is 4.79 Å². The van der Waals surface area contributed by atoms with Crippen molar-refractivity contribution in [3.8, 4) is 0 Å². The van der Waals surface area contributed by atoms with Crippen LogP contribution in [-0.4, -0.2) is 18.1 Å². The van der Waals surface area contributed by atoms with Gasteiger partial charge in [-0.1, -0.05) is 24.3 Å². The standard InChI is InChI=1S/C9H11N5O/c10-8(13-14-9(11)12)7-3-1-6(5-15)2-4-7/h1-5H,(H2,10,13)(H4,11,12,14). The van der Waals surface area contributed by atoms with Gasteiger partial charge in [-0.25, -0.2) is 0 Å². The van der Waals surface area contributed by atoms with Crippen LogP contribution in [-0.2, 0) is 0 Å². The van der Waals surface area contributed by atoms with Crippen molar-refractivity contribution in [3.63, 3.8) is 0 Å². The number of nitrogens with zero attached hydrogens (tertiary/aromatic N) is 2. The van der Waals surface area contributed by atoms with Gasteiger partial charge in [0.2, 0.25) is 5.96 Å². The lowest BCUT2D eigenvalue weighted by molar-refractivity contribution is 0.112. The van der Waals surface area contributed by atoms with E-state index in [2.05, 4.69) is 10.2 Å². The first-order valence-corrected chi connectivity index (χ1v) is 4.11. The Labute approximate surface area is 86.5 Å². The van der Waals surface area contributed by atoms with E-state index in [0.717, 1.165) is 6.29 Å². The van der Waals surface area contributed by atoms with Crippen LogP contribution in [0.3, 0.4) is 0 Å². The Bertz CT molecular complexity index is 403. The van der Waals surface area contributed by atoms with Crippen molar-refractivity contribution in [2.45, 2.75) is 0 Å². The maximum Gasteiger partial charge on any atom is 0.211 e. The van der Waals surface area contributed by atoms with E-state index in [9.17, 15) is 4.79 Å². The van der Waals surface area contributed by atoms with Crippen molar-refractivity contribution >= 4 is 18.1 Å². The number of amidine groups is 1. The maximum atomic E-state index is 10.4. The third kappa shape index (κ3) is 3.11. The molecule has 0 amide bonds. The second kappa shape index (κ2) is 4.75. The van der Waals surface area contributed by atoms with Crippen molar-refractivity contribution in [1.82, 2.24) is 0 Å². The highest BCUT2D eigenvalue weighted by Gasteiger charge is 1.97. The summed E-state index contributed by atoms with van der Waals surface area (Å²) in [5, 5.41) is 7.00. The average Bonchev–Trinajstić information content (AvgIpc) is 2.26. The summed E-state index contributed by atoms with van der Waals surface area (Å²) < 4.78 is 0. The van der Waals surface area contributed by atoms with Gasteiger partial charge in [-0.3, -0.25) is 4.79 Å². The Morgan fingerprint density at radius 2 is 1.67 bits per heavy atom. The number of aldehydes is 1. The van der Waals surface area contributed by atoms with Crippen LogP contribution in [0.4, 0.5) is 0 Å². The summed E-state index contributed by atoms with van der Waals surface area (Å²) >= 11 is 0. The first-order valence-electron chi connectivity index (χ1n) is 4.11. The first-order chi connectivity index (χ1) is 7.13. The van der Waals surface area contributed by atoms with Gasteiger partial charge < -0.3 is 17.2 Å². The highest BCUT2D eigenvalue weighted by Crippen LogP contribution is 2.02. The van der Waals surface area contributed by atoms with Crippen LogP contribution in [0.1, 0.15) is 15.9 Å². The smallest absolute Gasteiger partial charge is 0.211 e. The van der Waals surface area contributed by atoms with Gasteiger partial charge in [-0.2, -0.15) is 0 Å².